The third-order valence-corrected chi connectivity index (χ3v) is 4.88. The smallest absolute Gasteiger partial charge is 0.303 e. The molecule has 1 heterocycles. The molecule has 0 unspecified atom stereocenters. The fourth-order valence-corrected chi connectivity index (χ4v) is 3.34. The van der Waals surface area contributed by atoms with E-state index in [1.54, 1.807) is 12.1 Å². The molecule has 1 aromatic rings. The molecule has 0 aromatic heterocycles. The molecular formula is C16H20O9S. The second kappa shape index (κ2) is 8.12. The van der Waals surface area contributed by atoms with Gasteiger partial charge in [-0.05, 0) is 19.1 Å². The Morgan fingerprint density at radius 1 is 1.08 bits per heavy atom. The van der Waals surface area contributed by atoms with Gasteiger partial charge in [0, 0.05) is 13.8 Å². The van der Waals surface area contributed by atoms with Gasteiger partial charge in [0.1, 0.15) is 6.10 Å². The van der Waals surface area contributed by atoms with Gasteiger partial charge in [-0.1, -0.05) is 17.7 Å². The number of ether oxygens (including phenoxy) is 3. The van der Waals surface area contributed by atoms with Crippen LogP contribution < -0.4 is 0 Å². The fraction of sp³-hybridized carbons (Fsp3) is 0.500. The Labute approximate surface area is 150 Å². The highest BCUT2D eigenvalue weighted by atomic mass is 32.2. The quantitative estimate of drug-likeness (QED) is 0.540. The molecule has 10 heteroatoms. The molecule has 1 aliphatic heterocycles. The van der Waals surface area contributed by atoms with Crippen LogP contribution in [0.1, 0.15) is 19.4 Å². The van der Waals surface area contributed by atoms with Gasteiger partial charge in [0.15, 0.2) is 18.5 Å². The van der Waals surface area contributed by atoms with E-state index in [1.807, 2.05) is 6.92 Å². The molecule has 26 heavy (non-hydrogen) atoms. The zero-order valence-electron chi connectivity index (χ0n) is 14.4. The summed E-state index contributed by atoms with van der Waals surface area (Å²) in [6.07, 6.45) is -5.22. The van der Waals surface area contributed by atoms with Crippen molar-refractivity contribution in [3.8, 4) is 0 Å². The van der Waals surface area contributed by atoms with E-state index in [0.717, 1.165) is 19.4 Å². The summed E-state index contributed by atoms with van der Waals surface area (Å²) in [6.45, 7) is 3.51. The average Bonchev–Trinajstić information content (AvgIpc) is 2.81. The van der Waals surface area contributed by atoms with Crippen LogP contribution in [-0.4, -0.2) is 56.7 Å². The lowest BCUT2D eigenvalue weighted by Gasteiger charge is -2.22. The molecule has 0 spiro atoms. The first-order valence-corrected chi connectivity index (χ1v) is 9.15. The van der Waals surface area contributed by atoms with Gasteiger partial charge in [-0.3, -0.25) is 13.8 Å². The van der Waals surface area contributed by atoms with E-state index in [1.165, 1.54) is 12.1 Å². The average molecular weight is 388 g/mol. The van der Waals surface area contributed by atoms with Gasteiger partial charge in [0.2, 0.25) is 0 Å². The molecule has 0 aliphatic carbocycles. The molecule has 0 amide bonds. The van der Waals surface area contributed by atoms with Crippen molar-refractivity contribution in [3.05, 3.63) is 29.8 Å². The first-order valence-electron chi connectivity index (χ1n) is 7.74. The maximum atomic E-state index is 12.2. The van der Waals surface area contributed by atoms with Gasteiger partial charge < -0.3 is 19.3 Å². The molecular weight excluding hydrogens is 368 g/mol. The highest BCUT2D eigenvalue weighted by Crippen LogP contribution is 2.27. The van der Waals surface area contributed by atoms with E-state index in [2.05, 4.69) is 0 Å². The van der Waals surface area contributed by atoms with Crippen LogP contribution >= 0.6 is 0 Å². The van der Waals surface area contributed by atoms with Crippen molar-refractivity contribution in [2.45, 2.75) is 50.3 Å². The summed E-state index contributed by atoms with van der Waals surface area (Å²) >= 11 is 0. The Kier molecular flexibility index (Phi) is 6.34. The lowest BCUT2D eigenvalue weighted by molar-refractivity contribution is -0.174. The lowest BCUT2D eigenvalue weighted by Crippen LogP contribution is -2.41. The number of benzene rings is 1. The predicted molar refractivity (Wildman–Crippen MR) is 86.3 cm³/mol. The van der Waals surface area contributed by atoms with Crippen molar-refractivity contribution in [3.63, 3.8) is 0 Å². The molecule has 1 saturated heterocycles. The van der Waals surface area contributed by atoms with Gasteiger partial charge >= 0.3 is 11.9 Å². The number of rotatable bonds is 6. The van der Waals surface area contributed by atoms with Crippen LogP contribution in [-0.2, 0) is 38.1 Å². The molecule has 9 nitrogen and oxygen atoms in total. The Balaban J connectivity index is 2.12. The molecule has 144 valence electrons. The number of aliphatic hydroxyl groups is 1. The minimum absolute atomic E-state index is 0.0535. The molecule has 1 N–H and O–H groups in total. The van der Waals surface area contributed by atoms with E-state index in [-0.39, 0.29) is 4.90 Å². The summed E-state index contributed by atoms with van der Waals surface area (Å²) < 4.78 is 44.5. The summed E-state index contributed by atoms with van der Waals surface area (Å²) in [5.74, 6) is -1.43. The summed E-state index contributed by atoms with van der Waals surface area (Å²) in [6, 6.07) is 6.01. The third kappa shape index (κ3) is 5.01. The van der Waals surface area contributed by atoms with E-state index < -0.39 is 53.3 Å². The number of esters is 2. The number of aliphatic hydroxyl groups excluding tert-OH is 1. The molecule has 2 rings (SSSR count). The van der Waals surface area contributed by atoms with E-state index in [9.17, 15) is 23.1 Å². The van der Waals surface area contributed by atoms with Crippen molar-refractivity contribution in [1.82, 2.24) is 0 Å². The molecule has 1 aliphatic rings. The minimum Gasteiger partial charge on any atom is -0.455 e. The molecule has 1 aromatic carbocycles. The normalized spacial score (nSPS) is 25.7. The zero-order valence-corrected chi connectivity index (χ0v) is 15.3. The van der Waals surface area contributed by atoms with E-state index in [4.69, 9.17) is 18.4 Å². The van der Waals surface area contributed by atoms with Gasteiger partial charge in [0.05, 0.1) is 11.5 Å². The Hall–Kier alpha value is -2.01. The fourth-order valence-electron chi connectivity index (χ4n) is 2.42. The summed E-state index contributed by atoms with van der Waals surface area (Å²) in [5.41, 5.74) is 0.880. The van der Waals surface area contributed by atoms with Crippen molar-refractivity contribution in [2.75, 3.05) is 6.61 Å². The summed E-state index contributed by atoms with van der Waals surface area (Å²) in [5, 5.41) is 9.87. The SMILES string of the molecule is CC(=O)O[C@@H]1[C@@H](OC(C)=O)[C@@H](COS(=O)(=O)c2ccc(C)cc2)O[C@@H]1O. The Bertz CT molecular complexity index is 756. The van der Waals surface area contributed by atoms with Crippen LogP contribution in [0.2, 0.25) is 0 Å². The van der Waals surface area contributed by atoms with Crippen LogP contribution in [0, 0.1) is 6.92 Å². The number of carbonyl (C=O) groups excluding carboxylic acids is 2. The van der Waals surface area contributed by atoms with Crippen LogP contribution in [0.25, 0.3) is 0 Å². The van der Waals surface area contributed by atoms with Gasteiger partial charge in [-0.25, -0.2) is 0 Å². The highest BCUT2D eigenvalue weighted by Gasteiger charge is 2.49. The second-order valence-corrected chi connectivity index (χ2v) is 7.38. The largest absolute Gasteiger partial charge is 0.455 e. The van der Waals surface area contributed by atoms with Crippen molar-refractivity contribution in [2.24, 2.45) is 0 Å². The Morgan fingerprint density at radius 2 is 1.62 bits per heavy atom. The minimum atomic E-state index is -4.08. The van der Waals surface area contributed by atoms with Crippen LogP contribution in [0.5, 0.6) is 0 Å². The highest BCUT2D eigenvalue weighted by molar-refractivity contribution is 7.86. The molecule has 0 bridgehead atoms. The van der Waals surface area contributed by atoms with Crippen LogP contribution in [0.15, 0.2) is 29.2 Å². The predicted octanol–water partition coefficient (Wildman–Crippen LogP) is 0.281. The van der Waals surface area contributed by atoms with E-state index >= 15 is 0 Å². The molecule has 0 saturated carbocycles. The van der Waals surface area contributed by atoms with Gasteiger partial charge in [-0.2, -0.15) is 8.42 Å². The topological polar surface area (TPSA) is 125 Å². The van der Waals surface area contributed by atoms with Gasteiger partial charge in [-0.15, -0.1) is 0 Å². The number of carbonyl (C=O) groups is 2. The monoisotopic (exact) mass is 388 g/mol. The number of aryl methyl sites for hydroxylation is 1. The van der Waals surface area contributed by atoms with Gasteiger partial charge in [0.25, 0.3) is 10.1 Å². The lowest BCUT2D eigenvalue weighted by atomic mass is 10.1. The first kappa shape index (κ1) is 20.3. The molecule has 1 fully saturated rings. The zero-order chi connectivity index (χ0) is 19.5. The summed E-state index contributed by atoms with van der Waals surface area (Å²) in [4.78, 5) is 22.4. The van der Waals surface area contributed by atoms with Crippen LogP contribution in [0.4, 0.5) is 0 Å². The maximum absolute atomic E-state index is 12.2. The third-order valence-electron chi connectivity index (χ3n) is 3.59. The van der Waals surface area contributed by atoms with Crippen molar-refractivity contribution in [1.29, 1.82) is 0 Å². The van der Waals surface area contributed by atoms with Crippen molar-refractivity contribution >= 4 is 22.1 Å². The number of hydrogen-bond acceptors (Lipinski definition) is 9. The van der Waals surface area contributed by atoms with Crippen molar-refractivity contribution < 1.29 is 41.5 Å². The maximum Gasteiger partial charge on any atom is 0.303 e. The van der Waals surface area contributed by atoms with Crippen LogP contribution in [0.3, 0.4) is 0 Å². The van der Waals surface area contributed by atoms with E-state index in [0.29, 0.717) is 0 Å². The molecule has 0 radical (unpaired) electrons. The molecule has 4 atom stereocenters. The standard InChI is InChI=1S/C16H20O9S/c1-9-4-6-12(7-5-9)26(20,21)22-8-13-14(23-10(2)17)15(16(19)25-13)24-11(3)18/h4-7,13-16,19H,8H2,1-3H3/t13-,14+,15-,16+/m1/s1. The summed E-state index contributed by atoms with van der Waals surface area (Å²) in [7, 11) is -4.08. The first-order chi connectivity index (χ1) is 12.1. The second-order valence-electron chi connectivity index (χ2n) is 5.76. The number of hydrogen-bond donors (Lipinski definition) is 1. The Morgan fingerprint density at radius 3 is 2.15 bits per heavy atom.